The van der Waals surface area contributed by atoms with Crippen LogP contribution in [-0.2, 0) is 15.8 Å². The molecule has 8 heteroatoms. The van der Waals surface area contributed by atoms with Gasteiger partial charge in [0, 0.05) is 20.6 Å². The fourth-order valence-electron chi connectivity index (χ4n) is 2.93. The summed E-state index contributed by atoms with van der Waals surface area (Å²) in [5.74, 6) is 1.13. The third-order valence-electron chi connectivity index (χ3n) is 4.28. The lowest BCUT2D eigenvalue weighted by atomic mass is 10.2. The van der Waals surface area contributed by atoms with Crippen molar-refractivity contribution in [3.05, 3.63) is 47.8 Å². The van der Waals surface area contributed by atoms with Crippen molar-refractivity contribution < 1.29 is 13.2 Å². The maximum absolute atomic E-state index is 12.7. The Morgan fingerprint density at radius 1 is 1.31 bits per heavy atom. The van der Waals surface area contributed by atoms with Crippen LogP contribution in [0.4, 0.5) is 5.82 Å². The largest absolute Gasteiger partial charge is 0.472 e. The maximum atomic E-state index is 12.7. The number of aryl methyl sites for hydroxylation is 1. The van der Waals surface area contributed by atoms with E-state index in [1.165, 1.54) is 4.31 Å². The Balaban J connectivity index is 1.63. The highest BCUT2D eigenvalue weighted by atomic mass is 32.2. The van der Waals surface area contributed by atoms with E-state index in [0.717, 1.165) is 11.1 Å². The van der Waals surface area contributed by atoms with E-state index in [4.69, 9.17) is 4.74 Å². The number of benzene rings is 1. The van der Waals surface area contributed by atoms with E-state index in [2.05, 4.69) is 9.97 Å². The van der Waals surface area contributed by atoms with Crippen LogP contribution in [0.15, 0.2) is 36.7 Å². The summed E-state index contributed by atoms with van der Waals surface area (Å²) in [5.41, 5.74) is 1.86. The fourth-order valence-corrected chi connectivity index (χ4v) is 4.49. The van der Waals surface area contributed by atoms with Gasteiger partial charge in [-0.2, -0.15) is 9.29 Å². The lowest BCUT2D eigenvalue weighted by molar-refractivity contribution is 0.206. The van der Waals surface area contributed by atoms with Gasteiger partial charge in [0.05, 0.1) is 24.7 Å². The lowest BCUT2D eigenvalue weighted by Gasteiger charge is -2.18. The van der Waals surface area contributed by atoms with Crippen molar-refractivity contribution in [2.24, 2.45) is 0 Å². The molecule has 1 aromatic carbocycles. The Kier molecular flexibility index (Phi) is 5.43. The summed E-state index contributed by atoms with van der Waals surface area (Å²) in [6.07, 6.45) is 3.63. The summed E-state index contributed by atoms with van der Waals surface area (Å²) in [5, 5.41) is 0. The van der Waals surface area contributed by atoms with Crippen LogP contribution in [0, 0.1) is 6.92 Å². The van der Waals surface area contributed by atoms with E-state index < -0.39 is 10.0 Å². The van der Waals surface area contributed by atoms with Gasteiger partial charge < -0.3 is 9.64 Å². The van der Waals surface area contributed by atoms with Crippen LogP contribution in [0.1, 0.15) is 17.5 Å². The first-order valence-electron chi connectivity index (χ1n) is 8.53. The zero-order valence-electron chi connectivity index (χ0n) is 15.3. The molecule has 0 aliphatic carbocycles. The van der Waals surface area contributed by atoms with E-state index in [1.807, 2.05) is 50.2 Å². The molecule has 1 unspecified atom stereocenters. The van der Waals surface area contributed by atoms with E-state index in [0.29, 0.717) is 31.2 Å². The highest BCUT2D eigenvalue weighted by Gasteiger charge is 2.32. The summed E-state index contributed by atoms with van der Waals surface area (Å²) >= 11 is 0. The van der Waals surface area contributed by atoms with Gasteiger partial charge >= 0.3 is 0 Å². The van der Waals surface area contributed by atoms with Gasteiger partial charge in [-0.15, -0.1) is 0 Å². The third-order valence-corrected chi connectivity index (χ3v) is 6.09. The number of hydrogen-bond donors (Lipinski definition) is 0. The standard InChI is InChI=1S/C18H24N4O3S/c1-14-5-4-6-15(9-14)13-26(23,24)22-8-7-16(12-22)25-18-11-19-10-17(20-18)21(2)3/h4-6,9-11,16H,7-8,12-13H2,1-3H3. The van der Waals surface area contributed by atoms with Crippen LogP contribution in [0.25, 0.3) is 0 Å². The highest BCUT2D eigenvalue weighted by Crippen LogP contribution is 2.22. The molecule has 2 heterocycles. The van der Waals surface area contributed by atoms with Crippen LogP contribution < -0.4 is 9.64 Å². The molecule has 1 saturated heterocycles. The van der Waals surface area contributed by atoms with Crippen molar-refractivity contribution in [1.29, 1.82) is 0 Å². The average molecular weight is 376 g/mol. The molecule has 1 fully saturated rings. The van der Waals surface area contributed by atoms with Crippen LogP contribution in [0.3, 0.4) is 0 Å². The van der Waals surface area contributed by atoms with Crippen molar-refractivity contribution in [2.75, 3.05) is 32.1 Å². The minimum Gasteiger partial charge on any atom is -0.472 e. The first-order chi connectivity index (χ1) is 12.3. The minimum atomic E-state index is -3.37. The Hall–Kier alpha value is -2.19. The molecule has 0 saturated carbocycles. The van der Waals surface area contributed by atoms with Crippen LogP contribution >= 0.6 is 0 Å². The first kappa shape index (κ1) is 18.6. The SMILES string of the molecule is Cc1cccc(CS(=O)(=O)N2CCC(Oc3cncc(N(C)C)n3)C2)c1. The Morgan fingerprint density at radius 3 is 2.85 bits per heavy atom. The van der Waals surface area contributed by atoms with Gasteiger partial charge in [0.2, 0.25) is 15.9 Å². The van der Waals surface area contributed by atoms with Gasteiger partial charge in [-0.1, -0.05) is 29.8 Å². The summed E-state index contributed by atoms with van der Waals surface area (Å²) in [4.78, 5) is 10.3. The van der Waals surface area contributed by atoms with E-state index in [9.17, 15) is 8.42 Å². The van der Waals surface area contributed by atoms with Gasteiger partial charge in [0.25, 0.3) is 0 Å². The number of rotatable bonds is 6. The predicted octanol–water partition coefficient (Wildman–Crippen LogP) is 1.83. The van der Waals surface area contributed by atoms with E-state index >= 15 is 0 Å². The van der Waals surface area contributed by atoms with Crippen molar-refractivity contribution >= 4 is 15.8 Å². The minimum absolute atomic E-state index is 0.0112. The van der Waals surface area contributed by atoms with Gasteiger partial charge in [0.15, 0.2) is 5.82 Å². The molecule has 0 bridgehead atoms. The second-order valence-corrected chi connectivity index (χ2v) is 8.71. The number of aromatic nitrogens is 2. The summed E-state index contributed by atoms with van der Waals surface area (Å²) < 4.78 is 32.7. The van der Waals surface area contributed by atoms with Crippen LogP contribution in [0.2, 0.25) is 0 Å². The molecular formula is C18H24N4O3S. The van der Waals surface area contributed by atoms with Crippen molar-refractivity contribution in [3.63, 3.8) is 0 Å². The Labute approximate surface area is 154 Å². The molecular weight excluding hydrogens is 352 g/mol. The molecule has 1 aliphatic rings. The van der Waals surface area contributed by atoms with Crippen molar-refractivity contribution in [1.82, 2.24) is 14.3 Å². The fraction of sp³-hybridized carbons (Fsp3) is 0.444. The summed E-state index contributed by atoms with van der Waals surface area (Å²) in [7, 11) is 0.388. The van der Waals surface area contributed by atoms with Gasteiger partial charge in [-0.05, 0) is 18.9 Å². The lowest BCUT2D eigenvalue weighted by Crippen LogP contribution is -2.32. The average Bonchev–Trinajstić information content (AvgIpc) is 3.04. The predicted molar refractivity (Wildman–Crippen MR) is 101 cm³/mol. The first-order valence-corrected chi connectivity index (χ1v) is 10.1. The molecule has 1 aliphatic heterocycles. The number of sulfonamides is 1. The molecule has 0 spiro atoms. The van der Waals surface area contributed by atoms with E-state index in [1.54, 1.807) is 12.4 Å². The third kappa shape index (κ3) is 4.50. The molecule has 0 N–H and O–H groups in total. The molecule has 3 rings (SSSR count). The quantitative estimate of drug-likeness (QED) is 0.766. The molecule has 1 atom stereocenters. The van der Waals surface area contributed by atoms with Gasteiger partial charge in [-0.25, -0.2) is 8.42 Å². The molecule has 0 radical (unpaired) electrons. The van der Waals surface area contributed by atoms with Crippen LogP contribution in [0.5, 0.6) is 5.88 Å². The summed E-state index contributed by atoms with van der Waals surface area (Å²) in [6.45, 7) is 2.75. The number of ether oxygens (including phenoxy) is 1. The monoisotopic (exact) mass is 376 g/mol. The summed E-state index contributed by atoms with van der Waals surface area (Å²) in [6, 6.07) is 7.59. The molecule has 7 nitrogen and oxygen atoms in total. The highest BCUT2D eigenvalue weighted by molar-refractivity contribution is 7.88. The number of hydrogen-bond acceptors (Lipinski definition) is 6. The van der Waals surface area contributed by atoms with Crippen molar-refractivity contribution in [2.45, 2.75) is 25.2 Å². The molecule has 140 valence electrons. The number of nitrogens with zero attached hydrogens (tertiary/aromatic N) is 4. The molecule has 26 heavy (non-hydrogen) atoms. The Morgan fingerprint density at radius 2 is 2.12 bits per heavy atom. The van der Waals surface area contributed by atoms with Crippen LogP contribution in [-0.4, -0.2) is 56.0 Å². The topological polar surface area (TPSA) is 75.6 Å². The van der Waals surface area contributed by atoms with Gasteiger partial charge in [-0.3, -0.25) is 4.98 Å². The molecule has 0 amide bonds. The molecule has 1 aromatic heterocycles. The maximum Gasteiger partial charge on any atom is 0.234 e. The normalized spacial score (nSPS) is 18.0. The zero-order valence-corrected chi connectivity index (χ0v) is 16.1. The van der Waals surface area contributed by atoms with E-state index in [-0.39, 0.29) is 11.9 Å². The smallest absolute Gasteiger partial charge is 0.234 e. The number of anilines is 1. The Bertz CT molecular complexity index is 870. The molecule has 2 aromatic rings. The van der Waals surface area contributed by atoms with Crippen molar-refractivity contribution in [3.8, 4) is 5.88 Å². The van der Waals surface area contributed by atoms with Gasteiger partial charge in [0.1, 0.15) is 6.10 Å². The zero-order chi connectivity index (χ0) is 18.7. The second-order valence-electron chi connectivity index (χ2n) is 6.74. The second kappa shape index (κ2) is 7.59.